The van der Waals surface area contributed by atoms with Crippen LogP contribution in [0.3, 0.4) is 0 Å². The van der Waals surface area contributed by atoms with Gasteiger partial charge in [-0.05, 0) is 47.2 Å². The lowest BCUT2D eigenvalue weighted by Crippen LogP contribution is -2.48. The Balaban J connectivity index is 1.50. The van der Waals surface area contributed by atoms with Gasteiger partial charge in [-0.2, -0.15) is 0 Å². The number of ketones is 3. The smallest absolute Gasteiger partial charge is 0.185 e. The van der Waals surface area contributed by atoms with Crippen LogP contribution in [-0.2, 0) is 6.42 Å². The van der Waals surface area contributed by atoms with Crippen LogP contribution in [0.2, 0.25) is 0 Å². The summed E-state index contributed by atoms with van der Waals surface area (Å²) in [5, 5.41) is 0. The molecule has 0 amide bonds. The number of hydrogen-bond acceptors (Lipinski definition) is 6. The van der Waals surface area contributed by atoms with Gasteiger partial charge in [0.2, 0.25) is 0 Å². The molecule has 7 rings (SSSR count). The van der Waals surface area contributed by atoms with Gasteiger partial charge in [-0.3, -0.25) is 14.4 Å². The molecule has 1 spiro atoms. The molecule has 2 heterocycles. The summed E-state index contributed by atoms with van der Waals surface area (Å²) in [5.41, 5.74) is 3.31. The summed E-state index contributed by atoms with van der Waals surface area (Å²) in [5.74, 6) is -0.0243. The molecule has 226 valence electrons. The van der Waals surface area contributed by atoms with Crippen LogP contribution in [0.4, 0.5) is 5.69 Å². The maximum atomic E-state index is 15.0. The fraction of sp³-hybridized carbons (Fsp3) is 0.256. The van der Waals surface area contributed by atoms with Crippen LogP contribution in [0.15, 0.2) is 97.1 Å². The average Bonchev–Trinajstić information content (AvgIpc) is 3.50. The molecule has 1 saturated heterocycles. The van der Waals surface area contributed by atoms with Crippen LogP contribution in [-0.4, -0.2) is 43.7 Å². The van der Waals surface area contributed by atoms with Crippen molar-refractivity contribution in [2.24, 2.45) is 11.3 Å². The Morgan fingerprint density at radius 1 is 0.822 bits per heavy atom. The maximum Gasteiger partial charge on any atom is 0.185 e. The molecule has 0 aromatic heterocycles. The van der Waals surface area contributed by atoms with Gasteiger partial charge in [0.05, 0.1) is 20.3 Å². The molecule has 4 aromatic carbocycles. The molecular formula is C39H35NO5. The van der Waals surface area contributed by atoms with E-state index in [1.165, 1.54) is 0 Å². The molecule has 3 atom stereocenters. The number of benzene rings is 4. The molecule has 1 aliphatic carbocycles. The number of ether oxygens (including phenoxy) is 2. The van der Waals surface area contributed by atoms with Gasteiger partial charge in [0, 0.05) is 28.3 Å². The van der Waals surface area contributed by atoms with Gasteiger partial charge >= 0.3 is 0 Å². The van der Waals surface area contributed by atoms with Crippen LogP contribution in [0.1, 0.15) is 67.5 Å². The first kappa shape index (κ1) is 28.8. The first-order valence-electron chi connectivity index (χ1n) is 15.4. The molecule has 45 heavy (non-hydrogen) atoms. The van der Waals surface area contributed by atoms with Gasteiger partial charge in [0.15, 0.2) is 28.8 Å². The zero-order chi connectivity index (χ0) is 31.5. The van der Waals surface area contributed by atoms with Crippen molar-refractivity contribution >= 4 is 29.1 Å². The molecule has 0 N–H and O–H groups in total. The van der Waals surface area contributed by atoms with Crippen molar-refractivity contribution in [2.75, 3.05) is 19.1 Å². The van der Waals surface area contributed by atoms with E-state index in [0.717, 1.165) is 23.2 Å². The quantitative estimate of drug-likeness (QED) is 0.166. The number of fused-ring (bicyclic) bond motifs is 5. The second-order valence-corrected chi connectivity index (χ2v) is 12.5. The average molecular weight is 598 g/mol. The van der Waals surface area contributed by atoms with Crippen molar-refractivity contribution < 1.29 is 23.9 Å². The summed E-state index contributed by atoms with van der Waals surface area (Å²) >= 11 is 0. The Morgan fingerprint density at radius 2 is 1.47 bits per heavy atom. The van der Waals surface area contributed by atoms with Crippen LogP contribution in [0, 0.1) is 11.3 Å². The topological polar surface area (TPSA) is 72.9 Å². The monoisotopic (exact) mass is 597 g/mol. The third kappa shape index (κ3) is 4.19. The molecule has 3 aliphatic rings. The van der Waals surface area contributed by atoms with E-state index in [9.17, 15) is 14.4 Å². The minimum Gasteiger partial charge on any atom is -0.493 e. The molecule has 1 fully saturated rings. The highest BCUT2D eigenvalue weighted by Gasteiger charge is 2.71. The second-order valence-electron chi connectivity index (χ2n) is 12.5. The van der Waals surface area contributed by atoms with Crippen molar-refractivity contribution in [3.8, 4) is 11.5 Å². The van der Waals surface area contributed by atoms with E-state index < -0.39 is 23.4 Å². The number of rotatable bonds is 7. The summed E-state index contributed by atoms with van der Waals surface area (Å²) in [6.07, 6.45) is 4.82. The molecule has 0 radical (unpaired) electrons. The summed E-state index contributed by atoms with van der Waals surface area (Å²) in [6, 6.07) is 26.5. The van der Waals surface area contributed by atoms with Crippen molar-refractivity contribution in [3.63, 3.8) is 0 Å². The minimum absolute atomic E-state index is 0.144. The number of Topliss-reactive ketones (excluding diaryl/α,β-unsaturated/α-hetero) is 3. The molecule has 2 aliphatic heterocycles. The van der Waals surface area contributed by atoms with Crippen molar-refractivity contribution in [1.82, 2.24) is 0 Å². The number of hydrogen-bond donors (Lipinski definition) is 0. The number of anilines is 1. The van der Waals surface area contributed by atoms with E-state index in [4.69, 9.17) is 9.47 Å². The van der Waals surface area contributed by atoms with Crippen LogP contribution in [0.25, 0.3) is 6.08 Å². The Kier molecular flexibility index (Phi) is 6.96. The molecule has 4 aromatic rings. The van der Waals surface area contributed by atoms with Crippen LogP contribution < -0.4 is 14.4 Å². The Bertz CT molecular complexity index is 1840. The summed E-state index contributed by atoms with van der Waals surface area (Å²) in [6.45, 7) is 4.33. The fourth-order valence-electron chi connectivity index (χ4n) is 7.78. The Morgan fingerprint density at radius 3 is 2.11 bits per heavy atom. The van der Waals surface area contributed by atoms with E-state index in [1.54, 1.807) is 44.6 Å². The lowest BCUT2D eigenvalue weighted by molar-refractivity contribution is 0.0665. The van der Waals surface area contributed by atoms with E-state index >= 15 is 0 Å². The van der Waals surface area contributed by atoms with Gasteiger partial charge in [0.1, 0.15) is 11.5 Å². The standard InChI is InChI=1S/C39H35NO5/c1-23(2)21-24-13-15-26(16-14-24)36(41)35-34(27-17-19-31(44-3)32(22-27)45-4)39(37(42)28-10-6-7-11-29(28)38(39)43)33-20-18-25-9-5-8-12-30(25)40(33)35/h5-20,22-23,33-35H,21H2,1-4H3/t33?,34-,35+/m0/s1. The van der Waals surface area contributed by atoms with Crippen molar-refractivity contribution in [1.29, 1.82) is 0 Å². The predicted octanol–water partition coefficient (Wildman–Crippen LogP) is 7.22. The molecule has 6 nitrogen and oxygen atoms in total. The van der Waals surface area contributed by atoms with Gasteiger partial charge < -0.3 is 14.4 Å². The number of nitrogens with zero attached hydrogens (tertiary/aromatic N) is 1. The zero-order valence-corrected chi connectivity index (χ0v) is 25.8. The van der Waals surface area contributed by atoms with Gasteiger partial charge in [-0.15, -0.1) is 0 Å². The molecule has 6 heteroatoms. The van der Waals surface area contributed by atoms with Crippen LogP contribution in [0.5, 0.6) is 11.5 Å². The van der Waals surface area contributed by atoms with Gasteiger partial charge in [-0.25, -0.2) is 0 Å². The SMILES string of the molecule is COc1ccc([C@H]2[C@H](C(=O)c3ccc(CC(C)C)cc3)N3c4ccccc4C=CC3C23C(=O)c2ccccc2C3=O)cc1OC. The summed E-state index contributed by atoms with van der Waals surface area (Å²) in [7, 11) is 3.11. The lowest BCUT2D eigenvalue weighted by atomic mass is 9.64. The number of methoxy groups -OCH3 is 2. The third-order valence-corrected chi connectivity index (χ3v) is 9.63. The van der Waals surface area contributed by atoms with E-state index in [0.29, 0.717) is 39.7 Å². The second kappa shape index (κ2) is 10.9. The number of carbonyl (C=O) groups is 3. The predicted molar refractivity (Wildman–Crippen MR) is 175 cm³/mol. The zero-order valence-electron chi connectivity index (χ0n) is 25.8. The highest BCUT2D eigenvalue weighted by atomic mass is 16.5. The van der Waals surface area contributed by atoms with Crippen LogP contribution >= 0.6 is 0 Å². The molecule has 0 saturated carbocycles. The highest BCUT2D eigenvalue weighted by molar-refractivity contribution is 6.32. The van der Waals surface area contributed by atoms with E-state index in [2.05, 4.69) is 13.8 Å². The highest BCUT2D eigenvalue weighted by Crippen LogP contribution is 2.61. The Labute approximate surface area is 263 Å². The van der Waals surface area contributed by atoms with Gasteiger partial charge in [-0.1, -0.05) is 98.8 Å². The summed E-state index contributed by atoms with van der Waals surface area (Å²) in [4.78, 5) is 46.7. The number of carbonyl (C=O) groups excluding carboxylic acids is 3. The third-order valence-electron chi connectivity index (χ3n) is 9.63. The summed E-state index contributed by atoms with van der Waals surface area (Å²) < 4.78 is 11.2. The maximum absolute atomic E-state index is 15.0. The Hall–Kier alpha value is -4.97. The van der Waals surface area contributed by atoms with Crippen molar-refractivity contribution in [2.45, 2.75) is 38.3 Å². The molecule has 1 unspecified atom stereocenters. The van der Waals surface area contributed by atoms with Gasteiger partial charge in [0.25, 0.3) is 0 Å². The van der Waals surface area contributed by atoms with E-state index in [1.807, 2.05) is 77.7 Å². The number of para-hydroxylation sites is 1. The molecule has 0 bridgehead atoms. The fourth-order valence-corrected chi connectivity index (χ4v) is 7.78. The minimum atomic E-state index is -1.58. The first-order valence-corrected chi connectivity index (χ1v) is 15.4. The first-order chi connectivity index (χ1) is 21.8. The normalized spacial score (nSPS) is 20.7. The molecular weight excluding hydrogens is 562 g/mol. The largest absolute Gasteiger partial charge is 0.493 e. The van der Waals surface area contributed by atoms with E-state index in [-0.39, 0.29) is 17.3 Å². The lowest BCUT2D eigenvalue weighted by Gasteiger charge is -2.37. The van der Waals surface area contributed by atoms with Crippen molar-refractivity contribution in [3.05, 3.63) is 130 Å².